The van der Waals surface area contributed by atoms with E-state index < -0.39 is 5.60 Å². The molecule has 1 heterocycles. The molecule has 27 heavy (non-hydrogen) atoms. The molecule has 3 rings (SSSR count). The van der Waals surface area contributed by atoms with E-state index in [0.717, 1.165) is 10.0 Å². The number of halogens is 1. The molecule has 0 unspecified atom stereocenters. The third-order valence-corrected chi connectivity index (χ3v) is 4.43. The molecule has 0 atom stereocenters. The van der Waals surface area contributed by atoms with Gasteiger partial charge in [-0.1, -0.05) is 46.3 Å². The minimum Gasteiger partial charge on any atom is -0.485 e. The lowest BCUT2D eigenvalue weighted by Crippen LogP contribution is -2.57. The van der Waals surface area contributed by atoms with Crippen molar-refractivity contribution >= 4 is 22.0 Å². The van der Waals surface area contributed by atoms with E-state index in [-0.39, 0.29) is 12.2 Å². The zero-order valence-electron chi connectivity index (χ0n) is 15.8. The molecule has 0 aliphatic carbocycles. The zero-order chi connectivity index (χ0) is 19.4. The number of carbonyl (C=O) groups excluding carboxylic acids is 1. The molecule has 0 bridgehead atoms. The van der Waals surface area contributed by atoms with Gasteiger partial charge in [0, 0.05) is 4.47 Å². The van der Waals surface area contributed by atoms with Crippen molar-refractivity contribution in [2.45, 2.75) is 39.1 Å². The number of hydrogen-bond donors (Lipinski definition) is 0. The third kappa shape index (κ3) is 5.63. The monoisotopic (exact) mass is 433 g/mol. The Morgan fingerprint density at radius 3 is 2.48 bits per heavy atom. The second kappa shape index (κ2) is 8.21. The molecular formula is C21H24BrNO4. The van der Waals surface area contributed by atoms with Crippen LogP contribution in [-0.2, 0) is 11.3 Å². The molecule has 0 saturated carbocycles. The Bertz CT molecular complexity index is 783. The zero-order valence-corrected chi connectivity index (χ0v) is 17.4. The number of hydrogen-bond acceptors (Lipinski definition) is 4. The van der Waals surface area contributed by atoms with Gasteiger partial charge in [0.1, 0.15) is 18.3 Å². The number of carbonyl (C=O) groups is 1. The van der Waals surface area contributed by atoms with Crippen LogP contribution in [0.5, 0.6) is 11.5 Å². The minimum absolute atomic E-state index is 0.0715. The molecule has 1 amide bonds. The molecule has 144 valence electrons. The second-order valence-corrected chi connectivity index (χ2v) is 8.41. The predicted molar refractivity (Wildman–Crippen MR) is 107 cm³/mol. The van der Waals surface area contributed by atoms with Crippen LogP contribution in [0.15, 0.2) is 53.0 Å². The first-order valence-corrected chi connectivity index (χ1v) is 9.70. The van der Waals surface area contributed by atoms with Crippen molar-refractivity contribution in [1.29, 1.82) is 0 Å². The predicted octanol–water partition coefficient (Wildman–Crippen LogP) is 5.03. The molecule has 0 spiro atoms. The van der Waals surface area contributed by atoms with E-state index in [4.69, 9.17) is 14.2 Å². The van der Waals surface area contributed by atoms with Gasteiger partial charge in [-0.3, -0.25) is 0 Å². The van der Waals surface area contributed by atoms with Gasteiger partial charge >= 0.3 is 6.09 Å². The summed E-state index contributed by atoms with van der Waals surface area (Å²) in [6.45, 7) is 7.04. The summed E-state index contributed by atoms with van der Waals surface area (Å²) in [7, 11) is 0. The fourth-order valence-electron chi connectivity index (χ4n) is 2.60. The van der Waals surface area contributed by atoms with Crippen LogP contribution < -0.4 is 9.47 Å². The summed E-state index contributed by atoms with van der Waals surface area (Å²) in [4.78, 5) is 13.7. The molecule has 1 saturated heterocycles. The standard InChI is InChI=1S/C21H24BrNO4/c1-21(2,3)27-20(24)23-12-17(13-23)26-18-10-9-16(22)11-19(18)25-14-15-7-5-4-6-8-15/h4-11,17H,12-14H2,1-3H3. The Kier molecular flexibility index (Phi) is 5.95. The number of benzene rings is 2. The molecule has 0 aromatic heterocycles. The van der Waals surface area contributed by atoms with Crippen LogP contribution in [0.2, 0.25) is 0 Å². The molecule has 5 nitrogen and oxygen atoms in total. The lowest BCUT2D eigenvalue weighted by Gasteiger charge is -2.39. The first-order valence-electron chi connectivity index (χ1n) is 8.91. The molecule has 0 N–H and O–H groups in total. The fraction of sp³-hybridized carbons (Fsp3) is 0.381. The summed E-state index contributed by atoms with van der Waals surface area (Å²) in [5, 5.41) is 0. The van der Waals surface area contributed by atoms with E-state index in [9.17, 15) is 4.79 Å². The summed E-state index contributed by atoms with van der Waals surface area (Å²) >= 11 is 3.47. The van der Waals surface area contributed by atoms with Crippen LogP contribution in [0.3, 0.4) is 0 Å². The van der Waals surface area contributed by atoms with Gasteiger partial charge in [0.05, 0.1) is 13.1 Å². The quantitative estimate of drug-likeness (QED) is 0.663. The van der Waals surface area contributed by atoms with Gasteiger partial charge in [0.2, 0.25) is 0 Å². The normalized spacial score (nSPS) is 14.4. The summed E-state index contributed by atoms with van der Waals surface area (Å²) in [6.07, 6.45) is -0.378. The van der Waals surface area contributed by atoms with Crippen LogP contribution in [-0.4, -0.2) is 35.8 Å². The smallest absolute Gasteiger partial charge is 0.410 e. The van der Waals surface area contributed by atoms with Crippen LogP contribution in [0.25, 0.3) is 0 Å². The van der Waals surface area contributed by atoms with E-state index >= 15 is 0 Å². The average Bonchev–Trinajstić information content (AvgIpc) is 2.56. The van der Waals surface area contributed by atoms with Crippen LogP contribution in [0, 0.1) is 0 Å². The topological polar surface area (TPSA) is 48.0 Å². The van der Waals surface area contributed by atoms with Gasteiger partial charge in [0.25, 0.3) is 0 Å². The van der Waals surface area contributed by atoms with Crippen LogP contribution in [0.1, 0.15) is 26.3 Å². The maximum absolute atomic E-state index is 12.0. The minimum atomic E-state index is -0.493. The summed E-state index contributed by atoms with van der Waals surface area (Å²) in [5.74, 6) is 1.34. The molecule has 1 fully saturated rings. The Morgan fingerprint density at radius 2 is 1.81 bits per heavy atom. The molecule has 6 heteroatoms. The Morgan fingerprint density at radius 1 is 1.11 bits per heavy atom. The van der Waals surface area contributed by atoms with Gasteiger partial charge in [-0.25, -0.2) is 4.79 Å². The first kappa shape index (κ1) is 19.5. The van der Waals surface area contributed by atoms with E-state index in [0.29, 0.717) is 31.2 Å². The average molecular weight is 434 g/mol. The Labute approximate surface area is 168 Å². The van der Waals surface area contributed by atoms with Gasteiger partial charge < -0.3 is 19.1 Å². The highest BCUT2D eigenvalue weighted by molar-refractivity contribution is 9.10. The SMILES string of the molecule is CC(C)(C)OC(=O)N1CC(Oc2ccc(Br)cc2OCc2ccccc2)C1. The van der Waals surface area contributed by atoms with E-state index in [1.807, 2.05) is 69.3 Å². The van der Waals surface area contributed by atoms with Gasteiger partial charge in [0.15, 0.2) is 11.5 Å². The second-order valence-electron chi connectivity index (χ2n) is 7.49. The van der Waals surface area contributed by atoms with E-state index in [2.05, 4.69) is 15.9 Å². The molecule has 2 aromatic carbocycles. The fourth-order valence-corrected chi connectivity index (χ4v) is 2.94. The number of likely N-dealkylation sites (tertiary alicyclic amines) is 1. The molecule has 2 aromatic rings. The highest BCUT2D eigenvalue weighted by Gasteiger charge is 2.35. The summed E-state index contributed by atoms with van der Waals surface area (Å²) in [5.41, 5.74) is 0.593. The number of amides is 1. The van der Waals surface area contributed by atoms with Crippen molar-refractivity contribution < 1.29 is 19.0 Å². The molecule has 1 aliphatic heterocycles. The lowest BCUT2D eigenvalue weighted by atomic mass is 10.1. The molecule has 0 radical (unpaired) electrons. The maximum atomic E-state index is 12.0. The number of nitrogens with zero attached hydrogens (tertiary/aromatic N) is 1. The number of ether oxygens (including phenoxy) is 3. The van der Waals surface area contributed by atoms with Gasteiger partial charge in [-0.05, 0) is 44.5 Å². The molecule has 1 aliphatic rings. The summed E-state index contributed by atoms with van der Waals surface area (Å²) < 4.78 is 18.3. The van der Waals surface area contributed by atoms with Crippen LogP contribution >= 0.6 is 15.9 Å². The number of rotatable bonds is 5. The largest absolute Gasteiger partial charge is 0.485 e. The maximum Gasteiger partial charge on any atom is 0.410 e. The van der Waals surface area contributed by atoms with Crippen molar-refractivity contribution in [2.75, 3.05) is 13.1 Å². The van der Waals surface area contributed by atoms with Gasteiger partial charge in [-0.15, -0.1) is 0 Å². The van der Waals surface area contributed by atoms with Crippen molar-refractivity contribution in [3.63, 3.8) is 0 Å². The van der Waals surface area contributed by atoms with Crippen molar-refractivity contribution in [3.05, 3.63) is 58.6 Å². The van der Waals surface area contributed by atoms with Gasteiger partial charge in [-0.2, -0.15) is 0 Å². The van der Waals surface area contributed by atoms with E-state index in [1.54, 1.807) is 4.90 Å². The highest BCUT2D eigenvalue weighted by atomic mass is 79.9. The summed E-state index contributed by atoms with van der Waals surface area (Å²) in [6, 6.07) is 15.7. The first-order chi connectivity index (χ1) is 12.8. The lowest BCUT2D eigenvalue weighted by molar-refractivity contribution is -0.0227. The Balaban J connectivity index is 1.57. The van der Waals surface area contributed by atoms with Crippen molar-refractivity contribution in [2.24, 2.45) is 0 Å². The van der Waals surface area contributed by atoms with Crippen LogP contribution in [0.4, 0.5) is 4.79 Å². The van der Waals surface area contributed by atoms with Crippen molar-refractivity contribution in [3.8, 4) is 11.5 Å². The Hall–Kier alpha value is -2.21. The highest BCUT2D eigenvalue weighted by Crippen LogP contribution is 2.33. The van der Waals surface area contributed by atoms with E-state index in [1.165, 1.54) is 0 Å². The van der Waals surface area contributed by atoms with Crippen molar-refractivity contribution in [1.82, 2.24) is 4.90 Å². The third-order valence-electron chi connectivity index (χ3n) is 3.94. The molecular weight excluding hydrogens is 410 g/mol.